The molecule has 0 aromatic rings. The van der Waals surface area contributed by atoms with Gasteiger partial charge in [-0.1, -0.05) is 19.8 Å². The Bertz CT molecular complexity index is 653. The molecule has 0 spiro atoms. The van der Waals surface area contributed by atoms with Crippen molar-refractivity contribution in [3.63, 3.8) is 0 Å². The minimum atomic E-state index is -1.31. The lowest BCUT2D eigenvalue weighted by Crippen LogP contribution is -2.69. The molecule has 2 rings (SSSR count). The van der Waals surface area contributed by atoms with Gasteiger partial charge in [-0.25, -0.2) is 0 Å². The number of ether oxygens (including phenoxy) is 4. The van der Waals surface area contributed by atoms with Crippen molar-refractivity contribution in [2.24, 2.45) is 0 Å². The monoisotopic (exact) mass is 492 g/mol. The van der Waals surface area contributed by atoms with Crippen molar-refractivity contribution in [1.82, 2.24) is 10.6 Å². The number of unbranched alkanes of at least 4 members (excludes halogenated alkanes) is 2. The molecule has 2 aliphatic rings. The molecule has 10 unspecified atom stereocenters. The first-order chi connectivity index (χ1) is 16.2. The summed E-state index contributed by atoms with van der Waals surface area (Å²) in [5, 5.41) is 46.8. The summed E-state index contributed by atoms with van der Waals surface area (Å²) in [6.07, 6.45) is -5.68. The molecule has 2 fully saturated rings. The largest absolute Gasteiger partial charge is 0.394 e. The first kappa shape index (κ1) is 28.9. The van der Waals surface area contributed by atoms with Crippen molar-refractivity contribution in [1.29, 1.82) is 0 Å². The van der Waals surface area contributed by atoms with Gasteiger partial charge in [0.05, 0.1) is 25.4 Å². The zero-order chi connectivity index (χ0) is 25.4. The molecule has 0 radical (unpaired) electrons. The SMILES string of the molecule is CCCCCC(=O)NC1C(C)OC(CO)C(OC2OC(CO)C(OC)C(O)C2NC(C)=O)C1O. The van der Waals surface area contributed by atoms with Crippen LogP contribution in [0.3, 0.4) is 0 Å². The minimum absolute atomic E-state index is 0.238. The van der Waals surface area contributed by atoms with Gasteiger partial charge in [-0.15, -0.1) is 0 Å². The van der Waals surface area contributed by atoms with E-state index in [-0.39, 0.29) is 5.91 Å². The minimum Gasteiger partial charge on any atom is -0.394 e. The summed E-state index contributed by atoms with van der Waals surface area (Å²) in [5.74, 6) is -0.707. The van der Waals surface area contributed by atoms with E-state index < -0.39 is 80.2 Å². The van der Waals surface area contributed by atoms with E-state index in [2.05, 4.69) is 10.6 Å². The Labute approximate surface area is 199 Å². The van der Waals surface area contributed by atoms with Gasteiger partial charge in [0, 0.05) is 20.5 Å². The molecule has 2 saturated heterocycles. The number of nitrogens with one attached hydrogen (secondary N) is 2. The second-order valence-corrected chi connectivity index (χ2v) is 8.85. The van der Waals surface area contributed by atoms with Crippen molar-refractivity contribution in [3.05, 3.63) is 0 Å². The third kappa shape index (κ3) is 7.08. The lowest BCUT2D eigenvalue weighted by Gasteiger charge is -2.48. The number of aliphatic hydroxyl groups excluding tert-OH is 4. The smallest absolute Gasteiger partial charge is 0.220 e. The lowest BCUT2D eigenvalue weighted by molar-refractivity contribution is -0.315. The molecule has 0 saturated carbocycles. The normalized spacial score (nSPS) is 38.4. The first-order valence-corrected chi connectivity index (χ1v) is 11.8. The fraction of sp³-hybridized carbons (Fsp3) is 0.909. The lowest BCUT2D eigenvalue weighted by atomic mass is 9.92. The molecule has 2 heterocycles. The topological polar surface area (TPSA) is 176 Å². The number of carbonyl (C=O) groups is 2. The Morgan fingerprint density at radius 2 is 1.56 bits per heavy atom. The van der Waals surface area contributed by atoms with Crippen LogP contribution in [0, 0.1) is 0 Å². The fourth-order valence-electron chi connectivity index (χ4n) is 4.47. The second kappa shape index (κ2) is 13.6. The van der Waals surface area contributed by atoms with Crippen LogP contribution in [0.1, 0.15) is 46.5 Å². The Morgan fingerprint density at radius 1 is 0.941 bits per heavy atom. The number of rotatable bonds is 11. The second-order valence-electron chi connectivity index (χ2n) is 8.85. The summed E-state index contributed by atoms with van der Waals surface area (Å²) in [6, 6.07) is -1.92. The molecule has 6 N–H and O–H groups in total. The highest BCUT2D eigenvalue weighted by Gasteiger charge is 2.51. The molecule has 34 heavy (non-hydrogen) atoms. The molecule has 0 aromatic carbocycles. The van der Waals surface area contributed by atoms with Crippen molar-refractivity contribution in [2.75, 3.05) is 20.3 Å². The Hall–Kier alpha value is -1.38. The maximum atomic E-state index is 12.4. The van der Waals surface area contributed by atoms with Gasteiger partial charge in [-0.3, -0.25) is 9.59 Å². The molecule has 10 atom stereocenters. The van der Waals surface area contributed by atoms with Crippen molar-refractivity contribution < 1.29 is 49.0 Å². The summed E-state index contributed by atoms with van der Waals surface area (Å²) < 4.78 is 22.8. The van der Waals surface area contributed by atoms with Crippen LogP contribution >= 0.6 is 0 Å². The average Bonchev–Trinajstić information content (AvgIpc) is 2.80. The highest BCUT2D eigenvalue weighted by molar-refractivity contribution is 5.76. The summed E-state index contributed by atoms with van der Waals surface area (Å²) in [4.78, 5) is 24.1. The standard InChI is InChI=1S/C22H40N2O10/c1-5-6-7-8-15(28)24-16-11(2)32-14(10-26)21(18(16)29)34-22-17(23-12(3)27)19(30)20(31-4)13(9-25)33-22/h11,13-14,16-22,25-26,29-30H,5-10H2,1-4H3,(H,23,27)(H,24,28). The third-order valence-electron chi connectivity index (χ3n) is 6.27. The van der Waals surface area contributed by atoms with Crippen LogP contribution in [0.2, 0.25) is 0 Å². The van der Waals surface area contributed by atoms with E-state index in [0.29, 0.717) is 6.42 Å². The molecule has 12 heteroatoms. The molecule has 2 aliphatic heterocycles. The third-order valence-corrected chi connectivity index (χ3v) is 6.27. The van der Waals surface area contributed by atoms with Gasteiger partial charge < -0.3 is 50.0 Å². The molecule has 0 aliphatic carbocycles. The van der Waals surface area contributed by atoms with Gasteiger partial charge in [-0.05, 0) is 13.3 Å². The molecular weight excluding hydrogens is 452 g/mol. The van der Waals surface area contributed by atoms with Gasteiger partial charge in [0.1, 0.15) is 42.7 Å². The molecule has 0 bridgehead atoms. The Kier molecular flexibility index (Phi) is 11.6. The van der Waals surface area contributed by atoms with Gasteiger partial charge in [0.15, 0.2) is 6.29 Å². The summed E-state index contributed by atoms with van der Waals surface area (Å²) in [6.45, 7) is 3.97. The zero-order valence-electron chi connectivity index (χ0n) is 20.3. The quantitative estimate of drug-likeness (QED) is 0.180. The number of amides is 2. The highest BCUT2D eigenvalue weighted by atomic mass is 16.7. The van der Waals surface area contributed by atoms with Crippen molar-refractivity contribution in [2.45, 2.75) is 108 Å². The molecule has 198 valence electrons. The predicted octanol–water partition coefficient (Wildman–Crippen LogP) is -1.82. The molecule has 2 amide bonds. The number of carbonyl (C=O) groups excluding carboxylic acids is 2. The van der Waals surface area contributed by atoms with Crippen LogP contribution in [0.25, 0.3) is 0 Å². The van der Waals surface area contributed by atoms with Crippen LogP contribution in [0.4, 0.5) is 0 Å². The summed E-state index contributed by atoms with van der Waals surface area (Å²) in [7, 11) is 1.33. The van der Waals surface area contributed by atoms with Gasteiger partial charge in [-0.2, -0.15) is 0 Å². The number of methoxy groups -OCH3 is 1. The van der Waals surface area contributed by atoms with E-state index in [9.17, 15) is 30.0 Å². The number of hydrogen-bond donors (Lipinski definition) is 6. The summed E-state index contributed by atoms with van der Waals surface area (Å²) in [5.41, 5.74) is 0. The van der Waals surface area contributed by atoms with Crippen LogP contribution in [0.15, 0.2) is 0 Å². The van der Waals surface area contributed by atoms with E-state index >= 15 is 0 Å². The van der Waals surface area contributed by atoms with Crippen LogP contribution < -0.4 is 10.6 Å². The van der Waals surface area contributed by atoms with E-state index in [1.807, 2.05) is 6.92 Å². The average molecular weight is 493 g/mol. The fourth-order valence-corrected chi connectivity index (χ4v) is 4.47. The maximum absolute atomic E-state index is 12.4. The van der Waals surface area contributed by atoms with E-state index in [0.717, 1.165) is 19.3 Å². The van der Waals surface area contributed by atoms with Gasteiger partial charge in [0.2, 0.25) is 11.8 Å². The van der Waals surface area contributed by atoms with Crippen LogP contribution in [-0.2, 0) is 28.5 Å². The van der Waals surface area contributed by atoms with Crippen LogP contribution in [-0.4, -0.2) is 114 Å². The van der Waals surface area contributed by atoms with E-state index in [1.54, 1.807) is 6.92 Å². The predicted molar refractivity (Wildman–Crippen MR) is 119 cm³/mol. The number of aliphatic hydroxyl groups is 4. The van der Waals surface area contributed by atoms with Crippen LogP contribution in [0.5, 0.6) is 0 Å². The molecule has 0 aromatic heterocycles. The van der Waals surface area contributed by atoms with E-state index in [4.69, 9.17) is 18.9 Å². The zero-order valence-corrected chi connectivity index (χ0v) is 20.3. The molecular formula is C22H40N2O10. The maximum Gasteiger partial charge on any atom is 0.220 e. The molecule has 12 nitrogen and oxygen atoms in total. The highest BCUT2D eigenvalue weighted by Crippen LogP contribution is 2.30. The van der Waals surface area contributed by atoms with Gasteiger partial charge >= 0.3 is 0 Å². The van der Waals surface area contributed by atoms with E-state index in [1.165, 1.54) is 14.0 Å². The summed E-state index contributed by atoms with van der Waals surface area (Å²) >= 11 is 0. The number of hydrogen-bond acceptors (Lipinski definition) is 10. The van der Waals surface area contributed by atoms with Gasteiger partial charge in [0.25, 0.3) is 0 Å². The first-order valence-electron chi connectivity index (χ1n) is 11.8. The van der Waals surface area contributed by atoms with Crippen molar-refractivity contribution >= 4 is 11.8 Å². The van der Waals surface area contributed by atoms with Crippen molar-refractivity contribution in [3.8, 4) is 0 Å². The Morgan fingerprint density at radius 3 is 2.12 bits per heavy atom. The Balaban J connectivity index is 2.21.